The molecule has 0 aliphatic rings. The Labute approximate surface area is 231 Å². The Hall–Kier alpha value is -4.40. The van der Waals surface area contributed by atoms with Gasteiger partial charge in [0.1, 0.15) is 12.3 Å². The SMILES string of the molecule is COc1ccc(S(=O)(=O)N(CC(=O)N/N=C/c2c3ccccc3cc3ccccc23)c2ccc(Cl)cc2)cc1. The van der Waals surface area contributed by atoms with Crippen molar-refractivity contribution >= 4 is 61.0 Å². The van der Waals surface area contributed by atoms with Crippen molar-refractivity contribution in [1.82, 2.24) is 5.43 Å². The lowest BCUT2D eigenvalue weighted by Crippen LogP contribution is -2.39. The van der Waals surface area contributed by atoms with Crippen LogP contribution in [0.1, 0.15) is 5.56 Å². The van der Waals surface area contributed by atoms with Crippen molar-refractivity contribution in [2.45, 2.75) is 4.90 Å². The van der Waals surface area contributed by atoms with Gasteiger partial charge >= 0.3 is 0 Å². The van der Waals surface area contributed by atoms with Gasteiger partial charge in [-0.15, -0.1) is 0 Å². The van der Waals surface area contributed by atoms with Gasteiger partial charge in [-0.25, -0.2) is 13.8 Å². The number of nitrogens with zero attached hydrogens (tertiary/aromatic N) is 2. The van der Waals surface area contributed by atoms with Crippen LogP contribution in [-0.2, 0) is 14.8 Å². The Morgan fingerprint density at radius 1 is 0.897 bits per heavy atom. The molecule has 0 aliphatic carbocycles. The van der Waals surface area contributed by atoms with E-state index < -0.39 is 22.5 Å². The summed E-state index contributed by atoms with van der Waals surface area (Å²) in [6, 6.07) is 30.1. The Bertz CT molecular complexity index is 1730. The number of hydrazone groups is 1. The standard InChI is InChI=1S/C30H24ClN3O4S/c1-38-25-14-16-26(17-15-25)39(36,37)34(24-12-10-23(31)11-13-24)20-30(35)33-32-19-29-27-8-4-2-6-21(27)18-22-7-3-5-9-28(22)29/h2-19H,20H2,1H3,(H,33,35)/b32-19+. The fraction of sp³-hybridized carbons (Fsp3) is 0.0667. The summed E-state index contributed by atoms with van der Waals surface area (Å²) in [7, 11) is -2.60. The fourth-order valence-corrected chi connectivity index (χ4v) is 5.87. The third kappa shape index (κ3) is 5.57. The minimum absolute atomic E-state index is 0.0109. The van der Waals surface area contributed by atoms with Gasteiger partial charge in [0.05, 0.1) is 23.9 Å². The van der Waals surface area contributed by atoms with Gasteiger partial charge in [0, 0.05) is 10.6 Å². The van der Waals surface area contributed by atoms with Gasteiger partial charge in [-0.1, -0.05) is 60.1 Å². The van der Waals surface area contributed by atoms with E-state index in [0.29, 0.717) is 10.8 Å². The van der Waals surface area contributed by atoms with Crippen molar-refractivity contribution in [1.29, 1.82) is 0 Å². The Kier molecular flexibility index (Phi) is 7.49. The van der Waals surface area contributed by atoms with E-state index in [0.717, 1.165) is 31.4 Å². The number of carbonyl (C=O) groups excluding carboxylic acids is 1. The van der Waals surface area contributed by atoms with Gasteiger partial charge in [-0.05, 0) is 76.1 Å². The first kappa shape index (κ1) is 26.2. The first-order chi connectivity index (χ1) is 18.9. The second-order valence-electron chi connectivity index (χ2n) is 8.69. The largest absolute Gasteiger partial charge is 0.497 e. The predicted molar refractivity (Wildman–Crippen MR) is 156 cm³/mol. The number of benzene rings is 5. The normalized spacial score (nSPS) is 11.6. The maximum atomic E-state index is 13.6. The second kappa shape index (κ2) is 11.1. The fourth-order valence-electron chi connectivity index (χ4n) is 4.32. The number of carbonyl (C=O) groups is 1. The van der Waals surface area contributed by atoms with E-state index >= 15 is 0 Å². The van der Waals surface area contributed by atoms with Crippen LogP contribution < -0.4 is 14.5 Å². The molecule has 196 valence electrons. The Morgan fingerprint density at radius 2 is 1.49 bits per heavy atom. The number of fused-ring (bicyclic) bond motifs is 2. The monoisotopic (exact) mass is 557 g/mol. The summed E-state index contributed by atoms with van der Waals surface area (Å²) in [6.07, 6.45) is 1.59. The zero-order chi connectivity index (χ0) is 27.4. The highest BCUT2D eigenvalue weighted by Gasteiger charge is 2.27. The number of methoxy groups -OCH3 is 1. The molecule has 1 amide bonds. The summed E-state index contributed by atoms with van der Waals surface area (Å²) in [5.41, 5.74) is 3.63. The zero-order valence-corrected chi connectivity index (χ0v) is 22.5. The smallest absolute Gasteiger partial charge is 0.264 e. The van der Waals surface area contributed by atoms with Crippen LogP contribution in [-0.4, -0.2) is 34.2 Å². The minimum atomic E-state index is -4.10. The number of rotatable bonds is 8. The molecule has 0 radical (unpaired) electrons. The summed E-state index contributed by atoms with van der Waals surface area (Å²) in [5.74, 6) is -0.0946. The van der Waals surface area contributed by atoms with E-state index in [9.17, 15) is 13.2 Å². The Morgan fingerprint density at radius 3 is 2.08 bits per heavy atom. The first-order valence-corrected chi connectivity index (χ1v) is 13.8. The molecule has 9 heteroatoms. The van der Waals surface area contributed by atoms with Crippen molar-refractivity contribution in [3.63, 3.8) is 0 Å². The molecule has 0 aromatic heterocycles. The lowest BCUT2D eigenvalue weighted by atomic mass is 9.97. The maximum absolute atomic E-state index is 13.6. The van der Waals surface area contributed by atoms with Crippen molar-refractivity contribution in [2.24, 2.45) is 5.10 Å². The summed E-state index contributed by atoms with van der Waals surface area (Å²) >= 11 is 6.02. The van der Waals surface area contributed by atoms with Gasteiger partial charge in [0.15, 0.2) is 0 Å². The molecule has 0 saturated carbocycles. The highest BCUT2D eigenvalue weighted by Crippen LogP contribution is 2.28. The molecule has 7 nitrogen and oxygen atoms in total. The molecule has 1 N–H and O–H groups in total. The summed E-state index contributed by atoms with van der Waals surface area (Å²) in [6.45, 7) is -0.496. The quantitative estimate of drug-likeness (QED) is 0.144. The molecule has 0 saturated heterocycles. The van der Waals surface area contributed by atoms with Gasteiger partial charge in [0.2, 0.25) is 0 Å². The van der Waals surface area contributed by atoms with Crippen LogP contribution >= 0.6 is 11.6 Å². The van der Waals surface area contributed by atoms with Gasteiger partial charge in [0.25, 0.3) is 15.9 Å². The van der Waals surface area contributed by atoms with Crippen molar-refractivity contribution in [2.75, 3.05) is 18.0 Å². The molecule has 0 fully saturated rings. The highest BCUT2D eigenvalue weighted by molar-refractivity contribution is 7.92. The number of nitrogens with one attached hydrogen (secondary N) is 1. The van der Waals surface area contributed by atoms with E-state index in [1.165, 1.54) is 19.2 Å². The number of sulfonamides is 1. The number of halogens is 1. The van der Waals surface area contributed by atoms with Crippen LogP contribution in [0.2, 0.25) is 5.02 Å². The topological polar surface area (TPSA) is 88.1 Å². The molecule has 0 unspecified atom stereocenters. The average Bonchev–Trinajstić information content (AvgIpc) is 2.96. The van der Waals surface area contributed by atoms with Crippen molar-refractivity contribution in [3.8, 4) is 5.75 Å². The van der Waals surface area contributed by atoms with Crippen LogP contribution in [0.15, 0.2) is 113 Å². The van der Waals surface area contributed by atoms with Crippen molar-refractivity contribution < 1.29 is 17.9 Å². The summed E-state index contributed by atoms with van der Waals surface area (Å²) in [4.78, 5) is 13.0. The van der Waals surface area contributed by atoms with E-state index in [2.05, 4.69) is 16.6 Å². The predicted octanol–water partition coefficient (Wildman–Crippen LogP) is 6.00. The Balaban J connectivity index is 1.43. The van der Waals surface area contributed by atoms with Gasteiger partial charge < -0.3 is 4.74 Å². The van der Waals surface area contributed by atoms with Crippen molar-refractivity contribution in [3.05, 3.63) is 114 Å². The molecule has 39 heavy (non-hydrogen) atoms. The maximum Gasteiger partial charge on any atom is 0.264 e. The molecular formula is C30H24ClN3O4S. The zero-order valence-electron chi connectivity index (χ0n) is 20.9. The second-order valence-corrected chi connectivity index (χ2v) is 11.0. The first-order valence-electron chi connectivity index (χ1n) is 12.0. The van der Waals surface area contributed by atoms with Crippen LogP contribution in [0.25, 0.3) is 21.5 Å². The highest BCUT2D eigenvalue weighted by atomic mass is 35.5. The van der Waals surface area contributed by atoms with Crippen LogP contribution in [0.5, 0.6) is 5.75 Å². The molecule has 0 heterocycles. The number of anilines is 1. The number of ether oxygens (including phenoxy) is 1. The molecule has 5 aromatic carbocycles. The minimum Gasteiger partial charge on any atom is -0.497 e. The molecule has 0 aliphatic heterocycles. The summed E-state index contributed by atoms with van der Waals surface area (Å²) < 4.78 is 33.3. The van der Waals surface area contributed by atoms with E-state index in [1.807, 2.05) is 48.5 Å². The number of amides is 1. The average molecular weight is 558 g/mol. The molecule has 0 bridgehead atoms. The van der Waals surface area contributed by atoms with Gasteiger partial charge in [-0.2, -0.15) is 5.10 Å². The van der Waals surface area contributed by atoms with Crippen LogP contribution in [0.4, 0.5) is 5.69 Å². The lowest BCUT2D eigenvalue weighted by molar-refractivity contribution is -0.119. The number of hydrogen-bond donors (Lipinski definition) is 1. The van der Waals surface area contributed by atoms with E-state index in [1.54, 1.807) is 42.6 Å². The third-order valence-corrected chi connectivity index (χ3v) is 8.29. The molecule has 5 rings (SSSR count). The van der Waals surface area contributed by atoms with Gasteiger partial charge in [-0.3, -0.25) is 9.10 Å². The molecular weight excluding hydrogens is 534 g/mol. The summed E-state index contributed by atoms with van der Waals surface area (Å²) in [5, 5.41) is 8.70. The molecule has 0 spiro atoms. The lowest BCUT2D eigenvalue weighted by Gasteiger charge is -2.23. The van der Waals surface area contributed by atoms with Crippen LogP contribution in [0, 0.1) is 0 Å². The molecule has 0 atom stereocenters. The van der Waals surface area contributed by atoms with E-state index in [4.69, 9.17) is 16.3 Å². The van der Waals surface area contributed by atoms with E-state index in [-0.39, 0.29) is 10.6 Å². The van der Waals surface area contributed by atoms with Crippen LogP contribution in [0.3, 0.4) is 0 Å². The number of hydrogen-bond acceptors (Lipinski definition) is 5. The third-order valence-electron chi connectivity index (χ3n) is 6.25. The molecule has 5 aromatic rings.